The van der Waals surface area contributed by atoms with E-state index in [0.29, 0.717) is 0 Å². The minimum atomic E-state index is 0.0212. The van der Waals surface area contributed by atoms with Gasteiger partial charge in [-0.1, -0.05) is 29.8 Å². The molecule has 0 radical (unpaired) electrons. The first-order valence-corrected chi connectivity index (χ1v) is 7.96. The van der Waals surface area contributed by atoms with Crippen LogP contribution in [0.25, 0.3) is 0 Å². The lowest BCUT2D eigenvalue weighted by Gasteiger charge is -2.43. The topological polar surface area (TPSA) is 38.5 Å². The van der Waals surface area contributed by atoms with Gasteiger partial charge < -0.3 is 15.4 Å². The van der Waals surface area contributed by atoms with Crippen LogP contribution < -0.4 is 10.5 Å². The van der Waals surface area contributed by atoms with E-state index in [0.717, 1.165) is 35.0 Å². The largest absolute Gasteiger partial charge is 0.496 e. The second-order valence-corrected chi connectivity index (χ2v) is 6.39. The molecule has 0 saturated heterocycles. The maximum absolute atomic E-state index is 6.57. The number of nitrogens with two attached hydrogens (primary N) is 1. The normalized spacial score (nSPS) is 13.6. The highest BCUT2D eigenvalue weighted by Crippen LogP contribution is 2.30. The molecule has 0 amide bonds. The van der Waals surface area contributed by atoms with Crippen molar-refractivity contribution in [2.45, 2.75) is 44.7 Å². The second-order valence-electron chi connectivity index (χ2n) is 5.47. The van der Waals surface area contributed by atoms with Crippen LogP contribution in [0, 0.1) is 0 Å². The number of nitrogens with zero attached hydrogens (tertiary/aromatic N) is 1. The highest BCUT2D eigenvalue weighted by molar-refractivity contribution is 9.10. The molecule has 0 saturated carbocycles. The lowest BCUT2D eigenvalue weighted by Crippen LogP contribution is -2.57. The third-order valence-electron chi connectivity index (χ3n) is 4.49. The molecule has 1 atom stereocenters. The quantitative estimate of drug-likeness (QED) is 0.824. The van der Waals surface area contributed by atoms with Crippen molar-refractivity contribution in [3.8, 4) is 5.75 Å². The Balaban J connectivity index is 3.05. The minimum Gasteiger partial charge on any atom is -0.496 e. The van der Waals surface area contributed by atoms with Crippen LogP contribution in [0.1, 0.15) is 32.3 Å². The van der Waals surface area contributed by atoms with Crippen molar-refractivity contribution in [2.75, 3.05) is 21.2 Å². The SMILES string of the molecule is CCC(CC)(C(N)Cc1cc(Br)ccc1OC)N(C)C. The molecule has 3 nitrogen and oxygen atoms in total. The molecule has 114 valence electrons. The molecule has 1 rings (SSSR count). The minimum absolute atomic E-state index is 0.0212. The van der Waals surface area contributed by atoms with Gasteiger partial charge in [0.05, 0.1) is 7.11 Å². The number of rotatable bonds is 7. The molecule has 1 aromatic carbocycles. The number of hydrogen-bond donors (Lipinski definition) is 1. The summed E-state index contributed by atoms with van der Waals surface area (Å²) in [6.45, 7) is 4.42. The zero-order valence-electron chi connectivity index (χ0n) is 13.2. The van der Waals surface area contributed by atoms with Gasteiger partial charge in [-0.25, -0.2) is 0 Å². The summed E-state index contributed by atoms with van der Waals surface area (Å²) >= 11 is 3.52. The lowest BCUT2D eigenvalue weighted by molar-refractivity contribution is 0.105. The summed E-state index contributed by atoms with van der Waals surface area (Å²) in [6, 6.07) is 6.15. The van der Waals surface area contributed by atoms with Crippen LogP contribution in [0.4, 0.5) is 0 Å². The average Bonchev–Trinajstić information content (AvgIpc) is 2.40. The van der Waals surface area contributed by atoms with Crippen LogP contribution in [0.5, 0.6) is 5.75 Å². The van der Waals surface area contributed by atoms with Crippen molar-refractivity contribution >= 4 is 15.9 Å². The predicted octanol–water partition coefficient (Wildman–Crippen LogP) is 3.45. The molecule has 0 bridgehead atoms. The smallest absolute Gasteiger partial charge is 0.122 e. The van der Waals surface area contributed by atoms with E-state index in [1.54, 1.807) is 7.11 Å². The first kappa shape index (κ1) is 17.5. The number of halogens is 1. The molecular formula is C16H27BrN2O. The number of benzene rings is 1. The summed E-state index contributed by atoms with van der Waals surface area (Å²) in [6.07, 6.45) is 2.88. The molecule has 1 unspecified atom stereocenters. The van der Waals surface area contributed by atoms with E-state index in [-0.39, 0.29) is 11.6 Å². The first-order valence-electron chi connectivity index (χ1n) is 7.16. The zero-order chi connectivity index (χ0) is 15.3. The van der Waals surface area contributed by atoms with Crippen molar-refractivity contribution in [3.05, 3.63) is 28.2 Å². The highest BCUT2D eigenvalue weighted by atomic mass is 79.9. The molecule has 0 fully saturated rings. The van der Waals surface area contributed by atoms with Crippen molar-refractivity contribution in [2.24, 2.45) is 5.73 Å². The molecule has 20 heavy (non-hydrogen) atoms. The molecule has 2 N–H and O–H groups in total. The van der Waals surface area contributed by atoms with Crippen LogP contribution in [0.15, 0.2) is 22.7 Å². The number of ether oxygens (including phenoxy) is 1. The van der Waals surface area contributed by atoms with Gasteiger partial charge in [0, 0.05) is 16.1 Å². The lowest BCUT2D eigenvalue weighted by atomic mass is 9.80. The van der Waals surface area contributed by atoms with Crippen molar-refractivity contribution in [1.82, 2.24) is 4.90 Å². The molecule has 0 spiro atoms. The number of likely N-dealkylation sites (N-methyl/N-ethyl adjacent to an activating group) is 1. The second kappa shape index (κ2) is 7.43. The van der Waals surface area contributed by atoms with Gasteiger partial charge >= 0.3 is 0 Å². The van der Waals surface area contributed by atoms with Crippen LogP contribution in [-0.4, -0.2) is 37.7 Å². The molecule has 1 aromatic rings. The Hall–Kier alpha value is -0.580. The van der Waals surface area contributed by atoms with Gasteiger partial charge in [0.15, 0.2) is 0 Å². The van der Waals surface area contributed by atoms with Crippen molar-refractivity contribution in [3.63, 3.8) is 0 Å². The summed E-state index contributed by atoms with van der Waals surface area (Å²) in [4.78, 5) is 2.27. The maximum atomic E-state index is 6.57. The predicted molar refractivity (Wildman–Crippen MR) is 89.4 cm³/mol. The Labute approximate surface area is 131 Å². The van der Waals surface area contributed by atoms with E-state index in [9.17, 15) is 0 Å². The van der Waals surface area contributed by atoms with Crippen LogP contribution >= 0.6 is 15.9 Å². The molecular weight excluding hydrogens is 316 g/mol. The first-order chi connectivity index (χ1) is 9.41. The van der Waals surface area contributed by atoms with E-state index < -0.39 is 0 Å². The molecule has 0 heterocycles. The monoisotopic (exact) mass is 342 g/mol. The maximum Gasteiger partial charge on any atom is 0.122 e. The van der Waals surface area contributed by atoms with Gasteiger partial charge in [-0.15, -0.1) is 0 Å². The van der Waals surface area contributed by atoms with Gasteiger partial charge in [0.25, 0.3) is 0 Å². The summed E-state index contributed by atoms with van der Waals surface area (Å²) in [5.41, 5.74) is 7.74. The molecule has 0 aromatic heterocycles. The summed E-state index contributed by atoms with van der Waals surface area (Å²) < 4.78 is 6.51. The number of methoxy groups -OCH3 is 1. The Morgan fingerprint density at radius 2 is 1.90 bits per heavy atom. The summed E-state index contributed by atoms with van der Waals surface area (Å²) in [5, 5.41) is 0. The Kier molecular flexibility index (Phi) is 6.49. The summed E-state index contributed by atoms with van der Waals surface area (Å²) in [5.74, 6) is 0.906. The van der Waals surface area contributed by atoms with Gasteiger partial charge in [-0.2, -0.15) is 0 Å². The van der Waals surface area contributed by atoms with Gasteiger partial charge in [0.2, 0.25) is 0 Å². The molecule has 0 aliphatic carbocycles. The van der Waals surface area contributed by atoms with E-state index >= 15 is 0 Å². The average molecular weight is 343 g/mol. The Morgan fingerprint density at radius 3 is 2.35 bits per heavy atom. The van der Waals surface area contributed by atoms with Crippen LogP contribution in [0.2, 0.25) is 0 Å². The fourth-order valence-electron chi connectivity index (χ4n) is 3.07. The van der Waals surface area contributed by atoms with Crippen LogP contribution in [0.3, 0.4) is 0 Å². The van der Waals surface area contributed by atoms with E-state index in [1.165, 1.54) is 0 Å². The van der Waals surface area contributed by atoms with Gasteiger partial charge in [0.1, 0.15) is 5.75 Å². The third kappa shape index (κ3) is 3.54. The fraction of sp³-hybridized carbons (Fsp3) is 0.625. The standard InChI is InChI=1S/C16H27BrN2O/c1-6-16(7-2,19(3)4)15(18)11-12-10-13(17)8-9-14(12)20-5/h8-10,15H,6-7,11,18H2,1-5H3. The highest BCUT2D eigenvalue weighted by Gasteiger charge is 2.35. The Morgan fingerprint density at radius 1 is 1.30 bits per heavy atom. The summed E-state index contributed by atoms with van der Waals surface area (Å²) in [7, 11) is 5.94. The fourth-order valence-corrected chi connectivity index (χ4v) is 3.48. The van der Waals surface area contributed by atoms with Gasteiger partial charge in [-0.3, -0.25) is 0 Å². The van der Waals surface area contributed by atoms with Gasteiger partial charge in [-0.05, 0) is 57.1 Å². The Bertz CT molecular complexity index is 430. The third-order valence-corrected chi connectivity index (χ3v) is 4.98. The van der Waals surface area contributed by atoms with Crippen molar-refractivity contribution < 1.29 is 4.74 Å². The van der Waals surface area contributed by atoms with E-state index in [4.69, 9.17) is 10.5 Å². The van der Waals surface area contributed by atoms with Crippen LogP contribution in [-0.2, 0) is 6.42 Å². The van der Waals surface area contributed by atoms with E-state index in [1.807, 2.05) is 12.1 Å². The molecule has 4 heteroatoms. The molecule has 0 aliphatic heterocycles. The van der Waals surface area contributed by atoms with Crippen molar-refractivity contribution in [1.29, 1.82) is 0 Å². The zero-order valence-corrected chi connectivity index (χ0v) is 14.8. The number of hydrogen-bond acceptors (Lipinski definition) is 3. The van der Waals surface area contributed by atoms with E-state index in [2.05, 4.69) is 54.8 Å². The molecule has 0 aliphatic rings.